The number of rotatable bonds is 6. The molecule has 0 rings (SSSR count). The predicted molar refractivity (Wildman–Crippen MR) is 42.9 cm³/mol. The second-order valence-corrected chi connectivity index (χ2v) is 2.71. The summed E-state index contributed by atoms with van der Waals surface area (Å²) in [5.41, 5.74) is 4.91. The van der Waals surface area contributed by atoms with Crippen molar-refractivity contribution in [2.75, 3.05) is 19.7 Å². The third kappa shape index (κ3) is 7.29. The fraction of sp³-hybridized carbons (Fsp3) is 0.857. The number of primary amides is 1. The molecule has 4 N–H and O–H groups in total. The van der Waals surface area contributed by atoms with Gasteiger partial charge in [0.1, 0.15) is 0 Å². The largest absolute Gasteiger partial charge is 0.396 e. The third-order valence-corrected chi connectivity index (χ3v) is 1.35. The molecule has 0 heterocycles. The topological polar surface area (TPSA) is 75.3 Å². The van der Waals surface area contributed by atoms with E-state index in [2.05, 4.69) is 5.32 Å². The van der Waals surface area contributed by atoms with Gasteiger partial charge in [0.15, 0.2) is 0 Å². The predicted octanol–water partition coefficient (Wildman–Crippen LogP) is -0.920. The first-order chi connectivity index (χ1) is 5.16. The van der Waals surface area contributed by atoms with Gasteiger partial charge in [0.2, 0.25) is 5.91 Å². The van der Waals surface area contributed by atoms with E-state index in [1.165, 1.54) is 0 Å². The van der Waals surface area contributed by atoms with E-state index in [-0.39, 0.29) is 18.4 Å². The maximum absolute atomic E-state index is 10.2. The quantitative estimate of drug-likeness (QED) is 0.440. The third-order valence-electron chi connectivity index (χ3n) is 1.35. The summed E-state index contributed by atoms with van der Waals surface area (Å²) in [5, 5.41) is 11.6. The highest BCUT2D eigenvalue weighted by molar-refractivity contribution is 5.73. The minimum absolute atomic E-state index is 0.170. The van der Waals surface area contributed by atoms with Crippen LogP contribution in [0.1, 0.15) is 13.3 Å². The van der Waals surface area contributed by atoms with Crippen molar-refractivity contribution in [2.24, 2.45) is 11.7 Å². The zero-order valence-corrected chi connectivity index (χ0v) is 6.84. The van der Waals surface area contributed by atoms with Gasteiger partial charge in [-0.3, -0.25) is 4.79 Å². The molecule has 0 radical (unpaired) electrons. The standard InChI is InChI=1S/C7H16N2O2/c1-6(5-10)4-9-3-2-7(8)11/h6,9-10H,2-5H2,1H3,(H2,8,11). The molecule has 66 valence electrons. The molecule has 0 bridgehead atoms. The molecule has 0 aromatic rings. The molecule has 0 aliphatic rings. The minimum atomic E-state index is -0.297. The van der Waals surface area contributed by atoms with E-state index < -0.39 is 0 Å². The molecular weight excluding hydrogens is 144 g/mol. The lowest BCUT2D eigenvalue weighted by atomic mass is 10.2. The number of amides is 1. The van der Waals surface area contributed by atoms with Crippen molar-refractivity contribution in [1.29, 1.82) is 0 Å². The van der Waals surface area contributed by atoms with Crippen LogP contribution in [0.25, 0.3) is 0 Å². The van der Waals surface area contributed by atoms with Gasteiger partial charge in [-0.15, -0.1) is 0 Å². The van der Waals surface area contributed by atoms with Crippen molar-refractivity contribution in [3.05, 3.63) is 0 Å². The van der Waals surface area contributed by atoms with Crippen molar-refractivity contribution >= 4 is 5.91 Å². The smallest absolute Gasteiger partial charge is 0.218 e. The normalized spacial score (nSPS) is 12.9. The molecule has 0 aliphatic carbocycles. The molecule has 4 nitrogen and oxygen atoms in total. The number of hydrogen-bond acceptors (Lipinski definition) is 3. The summed E-state index contributed by atoms with van der Waals surface area (Å²) in [6.45, 7) is 3.42. The molecule has 1 amide bonds. The van der Waals surface area contributed by atoms with Crippen molar-refractivity contribution in [2.45, 2.75) is 13.3 Å². The number of nitrogens with one attached hydrogen (secondary N) is 1. The Morgan fingerprint density at radius 3 is 2.82 bits per heavy atom. The highest BCUT2D eigenvalue weighted by Crippen LogP contribution is 1.88. The molecule has 0 aromatic heterocycles. The van der Waals surface area contributed by atoms with Crippen LogP contribution in [0.2, 0.25) is 0 Å². The summed E-state index contributed by atoms with van der Waals surface area (Å²) in [7, 11) is 0. The van der Waals surface area contributed by atoms with E-state index in [0.717, 1.165) is 6.54 Å². The Bertz CT molecular complexity index is 117. The number of hydrogen-bond donors (Lipinski definition) is 3. The molecule has 1 atom stereocenters. The SMILES string of the molecule is CC(CO)CNCCC(N)=O. The van der Waals surface area contributed by atoms with Gasteiger partial charge >= 0.3 is 0 Å². The monoisotopic (exact) mass is 160 g/mol. The molecule has 0 saturated carbocycles. The lowest BCUT2D eigenvalue weighted by Gasteiger charge is -2.07. The molecule has 4 heteroatoms. The van der Waals surface area contributed by atoms with Gasteiger partial charge in [0.05, 0.1) is 0 Å². The van der Waals surface area contributed by atoms with Gasteiger partial charge in [-0.25, -0.2) is 0 Å². The highest BCUT2D eigenvalue weighted by atomic mass is 16.3. The number of aliphatic hydroxyl groups excluding tert-OH is 1. The van der Waals surface area contributed by atoms with Crippen LogP contribution in [0.5, 0.6) is 0 Å². The van der Waals surface area contributed by atoms with Crippen LogP contribution in [-0.4, -0.2) is 30.7 Å². The molecule has 0 aromatic carbocycles. The summed E-state index contributed by atoms with van der Waals surface area (Å²) in [4.78, 5) is 10.2. The Hall–Kier alpha value is -0.610. The van der Waals surface area contributed by atoms with Crippen LogP contribution in [0.15, 0.2) is 0 Å². The second-order valence-electron chi connectivity index (χ2n) is 2.71. The second kappa shape index (κ2) is 6.12. The lowest BCUT2D eigenvalue weighted by Crippen LogP contribution is -2.27. The fourth-order valence-corrected chi connectivity index (χ4v) is 0.625. The van der Waals surface area contributed by atoms with E-state index in [0.29, 0.717) is 13.0 Å². The number of carbonyl (C=O) groups excluding carboxylic acids is 1. The fourth-order valence-electron chi connectivity index (χ4n) is 0.625. The Balaban J connectivity index is 3.08. The van der Waals surface area contributed by atoms with Crippen molar-refractivity contribution in [1.82, 2.24) is 5.32 Å². The van der Waals surface area contributed by atoms with Gasteiger partial charge in [-0.05, 0) is 12.5 Å². The summed E-state index contributed by atoms with van der Waals surface area (Å²) in [6, 6.07) is 0. The highest BCUT2D eigenvalue weighted by Gasteiger charge is 1.98. The van der Waals surface area contributed by atoms with Crippen LogP contribution >= 0.6 is 0 Å². The summed E-state index contributed by atoms with van der Waals surface area (Å²) in [6.07, 6.45) is 0.359. The number of nitrogens with two attached hydrogens (primary N) is 1. The number of carbonyl (C=O) groups is 1. The molecule has 0 spiro atoms. The first-order valence-electron chi connectivity index (χ1n) is 3.76. The summed E-state index contributed by atoms with van der Waals surface area (Å²) >= 11 is 0. The van der Waals surface area contributed by atoms with Crippen LogP contribution in [-0.2, 0) is 4.79 Å². The summed E-state index contributed by atoms with van der Waals surface area (Å²) in [5.74, 6) is -0.0583. The van der Waals surface area contributed by atoms with E-state index in [1.807, 2.05) is 6.92 Å². The van der Waals surface area contributed by atoms with Crippen molar-refractivity contribution < 1.29 is 9.90 Å². The maximum Gasteiger partial charge on any atom is 0.218 e. The Kier molecular flexibility index (Phi) is 5.78. The molecular formula is C7H16N2O2. The van der Waals surface area contributed by atoms with E-state index in [4.69, 9.17) is 10.8 Å². The molecule has 0 fully saturated rings. The molecule has 11 heavy (non-hydrogen) atoms. The van der Waals surface area contributed by atoms with Gasteiger partial charge in [0, 0.05) is 19.6 Å². The average Bonchev–Trinajstić information content (AvgIpc) is 1.97. The molecule has 0 saturated heterocycles. The first kappa shape index (κ1) is 10.4. The van der Waals surface area contributed by atoms with E-state index in [9.17, 15) is 4.79 Å². The first-order valence-corrected chi connectivity index (χ1v) is 3.76. The van der Waals surface area contributed by atoms with Crippen LogP contribution < -0.4 is 11.1 Å². The Labute approximate surface area is 66.8 Å². The average molecular weight is 160 g/mol. The molecule has 0 aliphatic heterocycles. The van der Waals surface area contributed by atoms with Crippen molar-refractivity contribution in [3.63, 3.8) is 0 Å². The van der Waals surface area contributed by atoms with Gasteiger partial charge < -0.3 is 16.2 Å². The zero-order valence-electron chi connectivity index (χ0n) is 6.84. The van der Waals surface area contributed by atoms with E-state index >= 15 is 0 Å². The summed E-state index contributed by atoms with van der Waals surface area (Å²) < 4.78 is 0. The lowest BCUT2D eigenvalue weighted by molar-refractivity contribution is -0.117. The van der Waals surface area contributed by atoms with Gasteiger partial charge in [-0.1, -0.05) is 6.92 Å². The van der Waals surface area contributed by atoms with Crippen LogP contribution in [0.3, 0.4) is 0 Å². The molecule has 1 unspecified atom stereocenters. The van der Waals surface area contributed by atoms with E-state index in [1.54, 1.807) is 0 Å². The maximum atomic E-state index is 10.2. The Morgan fingerprint density at radius 2 is 2.36 bits per heavy atom. The number of aliphatic hydroxyl groups is 1. The van der Waals surface area contributed by atoms with Crippen LogP contribution in [0, 0.1) is 5.92 Å². The Morgan fingerprint density at radius 1 is 1.73 bits per heavy atom. The van der Waals surface area contributed by atoms with Gasteiger partial charge in [-0.2, -0.15) is 0 Å². The van der Waals surface area contributed by atoms with Gasteiger partial charge in [0.25, 0.3) is 0 Å². The van der Waals surface area contributed by atoms with Crippen molar-refractivity contribution in [3.8, 4) is 0 Å². The zero-order chi connectivity index (χ0) is 8.69. The van der Waals surface area contributed by atoms with Crippen LogP contribution in [0.4, 0.5) is 0 Å². The minimum Gasteiger partial charge on any atom is -0.396 e.